The van der Waals surface area contributed by atoms with Crippen molar-refractivity contribution in [1.82, 2.24) is 0 Å². The zero-order chi connectivity index (χ0) is 11.5. The summed E-state index contributed by atoms with van der Waals surface area (Å²) in [6.45, 7) is 5.50. The van der Waals surface area contributed by atoms with E-state index >= 15 is 0 Å². The molecule has 0 radical (unpaired) electrons. The first-order chi connectivity index (χ1) is 6.91. The molecule has 3 heteroatoms. The molecule has 0 bridgehead atoms. The number of benzene rings is 1. The van der Waals surface area contributed by atoms with Crippen LogP contribution in [0, 0.1) is 0 Å². The Kier molecular flexibility index (Phi) is 3.56. The van der Waals surface area contributed by atoms with Gasteiger partial charge in [0.05, 0.1) is 5.56 Å². The molecule has 0 atom stereocenters. The van der Waals surface area contributed by atoms with Gasteiger partial charge >= 0.3 is 6.18 Å². The van der Waals surface area contributed by atoms with Gasteiger partial charge in [-0.05, 0) is 31.4 Å². The van der Waals surface area contributed by atoms with Crippen molar-refractivity contribution in [3.8, 4) is 0 Å². The first kappa shape index (κ1) is 11.8. The van der Waals surface area contributed by atoms with E-state index in [1.165, 1.54) is 12.1 Å². The quantitative estimate of drug-likeness (QED) is 0.661. The highest BCUT2D eigenvalue weighted by atomic mass is 19.4. The zero-order valence-electron chi connectivity index (χ0n) is 8.56. The summed E-state index contributed by atoms with van der Waals surface area (Å²) in [5.41, 5.74) is 0.700. The maximum Gasteiger partial charge on any atom is 0.416 e. The molecule has 0 fully saturated rings. The summed E-state index contributed by atoms with van der Waals surface area (Å²) in [6.07, 6.45) is -3.27. The van der Waals surface area contributed by atoms with Crippen LogP contribution in [0.1, 0.15) is 24.5 Å². The van der Waals surface area contributed by atoms with Crippen LogP contribution in [0.25, 0.3) is 0 Å². The van der Waals surface area contributed by atoms with Crippen LogP contribution in [-0.2, 0) is 12.6 Å². The number of alkyl halides is 3. The molecule has 0 spiro atoms. The van der Waals surface area contributed by atoms with Crippen LogP contribution >= 0.6 is 0 Å². The van der Waals surface area contributed by atoms with Crippen molar-refractivity contribution in [1.29, 1.82) is 0 Å². The lowest BCUT2D eigenvalue weighted by atomic mass is 10.0. The third-order valence-corrected chi connectivity index (χ3v) is 2.14. The maximum atomic E-state index is 12.6. The van der Waals surface area contributed by atoms with Gasteiger partial charge in [0.15, 0.2) is 0 Å². The summed E-state index contributed by atoms with van der Waals surface area (Å²) in [7, 11) is 0. The number of aryl methyl sites for hydroxylation is 1. The minimum absolute atomic E-state index is 0.341. The number of hydrogen-bond donors (Lipinski definition) is 0. The van der Waals surface area contributed by atoms with Gasteiger partial charge in [-0.25, -0.2) is 0 Å². The molecule has 0 unspecified atom stereocenters. The van der Waals surface area contributed by atoms with E-state index in [9.17, 15) is 13.2 Å². The molecule has 0 nitrogen and oxygen atoms in total. The van der Waals surface area contributed by atoms with Gasteiger partial charge in [0.1, 0.15) is 0 Å². The summed E-state index contributed by atoms with van der Waals surface area (Å²) in [6, 6.07) is 5.68. The monoisotopic (exact) mass is 214 g/mol. The molecule has 0 aliphatic rings. The number of rotatable bonds is 3. The molecule has 82 valence electrons. The van der Waals surface area contributed by atoms with Gasteiger partial charge in [0.2, 0.25) is 0 Å². The third-order valence-electron chi connectivity index (χ3n) is 2.14. The summed E-state index contributed by atoms with van der Waals surface area (Å²) in [5, 5.41) is 0. The SMILES string of the molecule is C=C(C)CCc1ccccc1C(F)(F)F. The van der Waals surface area contributed by atoms with Crippen LogP contribution in [0.4, 0.5) is 13.2 Å². The maximum absolute atomic E-state index is 12.6. The van der Waals surface area contributed by atoms with Crippen LogP contribution < -0.4 is 0 Å². The molecule has 0 amide bonds. The highest BCUT2D eigenvalue weighted by Gasteiger charge is 2.32. The van der Waals surface area contributed by atoms with E-state index in [0.717, 1.165) is 11.6 Å². The van der Waals surface area contributed by atoms with Crippen molar-refractivity contribution >= 4 is 0 Å². The van der Waals surface area contributed by atoms with E-state index in [2.05, 4.69) is 6.58 Å². The lowest BCUT2D eigenvalue weighted by Crippen LogP contribution is -2.08. The Bertz CT molecular complexity index is 350. The first-order valence-corrected chi connectivity index (χ1v) is 4.70. The second kappa shape index (κ2) is 4.51. The molecular weight excluding hydrogens is 201 g/mol. The van der Waals surface area contributed by atoms with E-state index in [4.69, 9.17) is 0 Å². The Labute approximate surface area is 87.4 Å². The molecule has 0 heterocycles. The Morgan fingerprint density at radius 1 is 1.27 bits per heavy atom. The van der Waals surface area contributed by atoms with Gasteiger partial charge in [-0.15, -0.1) is 6.58 Å². The van der Waals surface area contributed by atoms with E-state index in [0.29, 0.717) is 18.4 Å². The molecule has 0 aromatic heterocycles. The smallest absolute Gasteiger partial charge is 0.166 e. The average Bonchev–Trinajstić information content (AvgIpc) is 2.13. The number of allylic oxidation sites excluding steroid dienone is 1. The fraction of sp³-hybridized carbons (Fsp3) is 0.333. The van der Waals surface area contributed by atoms with Gasteiger partial charge in [0, 0.05) is 0 Å². The fourth-order valence-electron chi connectivity index (χ4n) is 1.36. The standard InChI is InChI=1S/C12H13F3/c1-9(2)7-8-10-5-3-4-6-11(10)12(13,14)15/h3-6H,1,7-8H2,2H3. The Balaban J connectivity index is 2.92. The van der Waals surface area contributed by atoms with Crippen molar-refractivity contribution in [3.63, 3.8) is 0 Å². The predicted molar refractivity (Wildman–Crippen MR) is 54.6 cm³/mol. The molecule has 1 aromatic carbocycles. The van der Waals surface area contributed by atoms with Crippen LogP contribution in [0.15, 0.2) is 36.4 Å². The zero-order valence-corrected chi connectivity index (χ0v) is 8.56. The topological polar surface area (TPSA) is 0 Å². The summed E-state index contributed by atoms with van der Waals surface area (Å²) in [4.78, 5) is 0. The van der Waals surface area contributed by atoms with Crippen LogP contribution in [-0.4, -0.2) is 0 Å². The van der Waals surface area contributed by atoms with Gasteiger partial charge in [-0.2, -0.15) is 13.2 Å². The average molecular weight is 214 g/mol. The molecule has 0 saturated heterocycles. The highest BCUT2D eigenvalue weighted by molar-refractivity contribution is 5.30. The second-order valence-corrected chi connectivity index (χ2v) is 3.61. The molecule has 0 saturated carbocycles. The molecule has 0 aliphatic heterocycles. The summed E-state index contributed by atoms with van der Waals surface area (Å²) >= 11 is 0. The Morgan fingerprint density at radius 3 is 2.40 bits per heavy atom. The minimum Gasteiger partial charge on any atom is -0.166 e. The molecule has 0 aliphatic carbocycles. The first-order valence-electron chi connectivity index (χ1n) is 4.70. The highest BCUT2D eigenvalue weighted by Crippen LogP contribution is 2.32. The Hall–Kier alpha value is -1.25. The molecule has 15 heavy (non-hydrogen) atoms. The Morgan fingerprint density at radius 2 is 1.87 bits per heavy atom. The number of hydrogen-bond acceptors (Lipinski definition) is 0. The summed E-state index contributed by atoms with van der Waals surface area (Å²) in [5.74, 6) is 0. The van der Waals surface area contributed by atoms with Crippen molar-refractivity contribution < 1.29 is 13.2 Å². The van der Waals surface area contributed by atoms with Crippen molar-refractivity contribution in [3.05, 3.63) is 47.5 Å². The molecule has 1 rings (SSSR count). The van der Waals surface area contributed by atoms with Crippen LogP contribution in [0.3, 0.4) is 0 Å². The second-order valence-electron chi connectivity index (χ2n) is 3.61. The van der Waals surface area contributed by atoms with Gasteiger partial charge in [-0.3, -0.25) is 0 Å². The van der Waals surface area contributed by atoms with Gasteiger partial charge < -0.3 is 0 Å². The van der Waals surface area contributed by atoms with E-state index in [-0.39, 0.29) is 0 Å². The van der Waals surface area contributed by atoms with Gasteiger partial charge in [0.25, 0.3) is 0 Å². The molecular formula is C12H13F3. The largest absolute Gasteiger partial charge is 0.416 e. The van der Waals surface area contributed by atoms with Crippen LogP contribution in [0.2, 0.25) is 0 Å². The third kappa shape index (κ3) is 3.42. The number of halogens is 3. The molecule has 1 aromatic rings. The van der Waals surface area contributed by atoms with Crippen molar-refractivity contribution in [2.45, 2.75) is 25.9 Å². The normalized spacial score (nSPS) is 11.5. The fourth-order valence-corrected chi connectivity index (χ4v) is 1.36. The van der Waals surface area contributed by atoms with E-state index < -0.39 is 11.7 Å². The van der Waals surface area contributed by atoms with Crippen LogP contribution in [0.5, 0.6) is 0 Å². The van der Waals surface area contributed by atoms with Gasteiger partial charge in [-0.1, -0.05) is 23.8 Å². The lowest BCUT2D eigenvalue weighted by molar-refractivity contribution is -0.138. The van der Waals surface area contributed by atoms with Crippen molar-refractivity contribution in [2.24, 2.45) is 0 Å². The van der Waals surface area contributed by atoms with E-state index in [1.54, 1.807) is 6.07 Å². The molecule has 0 N–H and O–H groups in total. The van der Waals surface area contributed by atoms with E-state index in [1.807, 2.05) is 6.92 Å². The van der Waals surface area contributed by atoms with Crippen molar-refractivity contribution in [2.75, 3.05) is 0 Å². The predicted octanol–water partition coefficient (Wildman–Crippen LogP) is 4.21. The lowest BCUT2D eigenvalue weighted by Gasteiger charge is -2.12. The minimum atomic E-state index is -4.26. The summed E-state index contributed by atoms with van der Waals surface area (Å²) < 4.78 is 37.7.